The van der Waals surface area contributed by atoms with Crippen LogP contribution in [0.1, 0.15) is 50.7 Å². The maximum atomic E-state index is 15.4. The molecule has 1 amide bonds. The molecule has 0 bridgehead atoms. The number of nitrogens with one attached hydrogen (secondary N) is 1. The summed E-state index contributed by atoms with van der Waals surface area (Å²) in [6.45, 7) is 4.59. The molecule has 0 spiro atoms. The minimum Gasteiger partial charge on any atom is -0.490 e. The minimum absolute atomic E-state index is 0.0214. The number of amides is 1. The van der Waals surface area contributed by atoms with Crippen molar-refractivity contribution in [2.24, 2.45) is 5.92 Å². The number of hydrogen-bond acceptors (Lipinski definition) is 4. The molecule has 2 heterocycles. The van der Waals surface area contributed by atoms with Crippen LogP contribution < -0.4 is 10.1 Å². The Bertz CT molecular complexity index is 1120. The van der Waals surface area contributed by atoms with E-state index in [1.165, 1.54) is 6.07 Å². The molecule has 1 saturated carbocycles. The Kier molecular flexibility index (Phi) is 7.27. The Labute approximate surface area is 220 Å². The lowest BCUT2D eigenvalue weighted by molar-refractivity contribution is -0.122. The molecule has 1 N–H and O–H groups in total. The maximum absolute atomic E-state index is 15.4. The van der Waals surface area contributed by atoms with Crippen molar-refractivity contribution in [3.63, 3.8) is 0 Å². The zero-order valence-electron chi connectivity index (χ0n) is 20.6. The molecule has 2 aromatic rings. The summed E-state index contributed by atoms with van der Waals surface area (Å²) >= 11 is 7.71. The molecule has 194 valence electrons. The van der Waals surface area contributed by atoms with Gasteiger partial charge in [0.05, 0.1) is 17.5 Å². The lowest BCUT2D eigenvalue weighted by Crippen LogP contribution is -2.55. The quantitative estimate of drug-likeness (QED) is 0.445. The summed E-state index contributed by atoms with van der Waals surface area (Å²) < 4.78 is 41.7. The molecule has 2 aliphatic heterocycles. The molecule has 2 aromatic carbocycles. The lowest BCUT2D eigenvalue weighted by Gasteiger charge is -2.51. The average Bonchev–Trinajstić information content (AvgIpc) is 3.66. The van der Waals surface area contributed by atoms with E-state index < -0.39 is 21.8 Å². The van der Waals surface area contributed by atoms with Crippen molar-refractivity contribution < 1.29 is 23.0 Å². The molecule has 2 fully saturated rings. The third-order valence-electron chi connectivity index (χ3n) is 7.76. The first-order valence-electron chi connectivity index (χ1n) is 12.6. The first-order chi connectivity index (χ1) is 17.2. The Morgan fingerprint density at radius 3 is 2.61 bits per heavy atom. The van der Waals surface area contributed by atoms with Gasteiger partial charge in [0.1, 0.15) is 5.82 Å². The van der Waals surface area contributed by atoms with Gasteiger partial charge in [0, 0.05) is 34.6 Å². The van der Waals surface area contributed by atoms with Gasteiger partial charge in [0.15, 0.2) is 11.6 Å². The normalized spacial score (nSPS) is 25.5. The van der Waals surface area contributed by atoms with Crippen molar-refractivity contribution in [3.05, 3.63) is 64.2 Å². The van der Waals surface area contributed by atoms with Crippen molar-refractivity contribution in [2.75, 3.05) is 19.0 Å². The van der Waals surface area contributed by atoms with Gasteiger partial charge < -0.3 is 14.8 Å². The molecule has 3 aliphatic rings. The highest BCUT2D eigenvalue weighted by atomic mass is 35.5. The number of fused-ring (bicyclic) bond motifs is 3. The highest BCUT2D eigenvalue weighted by Crippen LogP contribution is 2.53. The van der Waals surface area contributed by atoms with E-state index in [9.17, 15) is 9.18 Å². The smallest absolute Gasteiger partial charge is 0.235 e. The number of thioether (sulfide) groups is 1. The molecular formula is C28H32ClF2NO3S. The third kappa shape index (κ3) is 5.11. The largest absolute Gasteiger partial charge is 0.490 e. The third-order valence-corrected chi connectivity index (χ3v) is 9.36. The van der Waals surface area contributed by atoms with Crippen LogP contribution in [0.5, 0.6) is 5.75 Å². The molecule has 1 saturated heterocycles. The van der Waals surface area contributed by atoms with Crippen LogP contribution in [-0.2, 0) is 21.4 Å². The van der Waals surface area contributed by atoms with Crippen molar-refractivity contribution in [1.82, 2.24) is 5.32 Å². The van der Waals surface area contributed by atoms with Crippen molar-refractivity contribution in [2.45, 2.75) is 68.3 Å². The van der Waals surface area contributed by atoms with E-state index in [0.717, 1.165) is 24.5 Å². The topological polar surface area (TPSA) is 47.6 Å². The number of ether oxygens (including phenoxy) is 2. The number of carbonyl (C=O) groups excluding carboxylic acids is 1. The molecule has 0 radical (unpaired) electrons. The summed E-state index contributed by atoms with van der Waals surface area (Å²) in [7, 11) is 0. The number of carbonyl (C=O) groups is 1. The fraction of sp³-hybridized carbons (Fsp3) is 0.536. The van der Waals surface area contributed by atoms with E-state index in [-0.39, 0.29) is 30.3 Å². The Balaban J connectivity index is 1.40. The maximum Gasteiger partial charge on any atom is 0.235 e. The first-order valence-corrected chi connectivity index (χ1v) is 14.0. The Morgan fingerprint density at radius 2 is 1.89 bits per heavy atom. The average molecular weight is 536 g/mol. The molecule has 3 atom stereocenters. The van der Waals surface area contributed by atoms with Gasteiger partial charge in [-0.15, -0.1) is 11.8 Å². The van der Waals surface area contributed by atoms with Crippen LogP contribution in [0, 0.1) is 17.6 Å². The summed E-state index contributed by atoms with van der Waals surface area (Å²) in [5.41, 5.74) is 0.660. The molecule has 8 heteroatoms. The number of rotatable bonds is 8. The van der Waals surface area contributed by atoms with Gasteiger partial charge in [-0.1, -0.05) is 23.7 Å². The minimum atomic E-state index is -0.667. The van der Waals surface area contributed by atoms with Crippen LogP contribution in [-0.4, -0.2) is 41.8 Å². The second kappa shape index (κ2) is 10.1. The molecule has 0 unspecified atom stereocenters. The zero-order valence-corrected chi connectivity index (χ0v) is 22.2. The van der Waals surface area contributed by atoms with Crippen LogP contribution in [0.2, 0.25) is 5.02 Å². The second-order valence-corrected chi connectivity index (χ2v) is 12.8. The van der Waals surface area contributed by atoms with Crippen LogP contribution in [0.25, 0.3) is 0 Å². The molecule has 5 rings (SSSR count). The first kappa shape index (κ1) is 25.8. The summed E-state index contributed by atoms with van der Waals surface area (Å²) in [6.07, 6.45) is 3.70. The van der Waals surface area contributed by atoms with Crippen LogP contribution in [0.4, 0.5) is 8.78 Å². The molecule has 4 nitrogen and oxygen atoms in total. The number of hydrogen-bond donors (Lipinski definition) is 1. The summed E-state index contributed by atoms with van der Waals surface area (Å²) in [5.74, 6) is -0.353. The van der Waals surface area contributed by atoms with E-state index >= 15 is 4.39 Å². The standard InChI is InChI=1S/C28H32ClF2NO3S/c1-27(2,26(33)32-19-7-8-19)36-14-11-23-20-16-35-25-22(31)10-9-21(30)24(25)28(20,12-13-34-23)15-17-3-5-18(29)6-4-17/h3-6,9-10,19-20,23H,7-8,11-16H2,1-2H3,(H,32,33)/t20-,23-,28-/m0/s1. The van der Waals surface area contributed by atoms with Crippen LogP contribution >= 0.6 is 23.4 Å². The number of benzene rings is 2. The summed E-state index contributed by atoms with van der Waals surface area (Å²) in [5, 5.41) is 3.72. The zero-order chi connectivity index (χ0) is 25.5. The fourth-order valence-corrected chi connectivity index (χ4v) is 6.76. The SMILES string of the molecule is CC(C)(SCC[C@@H]1OCC[C@@]2(Cc3ccc(Cl)cc3)c3c(F)ccc(F)c3OC[C@@H]12)C(=O)NC1CC1. The van der Waals surface area contributed by atoms with Gasteiger partial charge in [-0.3, -0.25) is 4.79 Å². The summed E-state index contributed by atoms with van der Waals surface area (Å²) in [6, 6.07) is 10.2. The molecule has 0 aromatic heterocycles. The van der Waals surface area contributed by atoms with E-state index in [1.807, 2.05) is 38.1 Å². The van der Waals surface area contributed by atoms with E-state index in [0.29, 0.717) is 48.3 Å². The highest BCUT2D eigenvalue weighted by Gasteiger charge is 2.53. The number of halogens is 3. The molecule has 36 heavy (non-hydrogen) atoms. The fourth-order valence-electron chi connectivity index (χ4n) is 5.58. The van der Waals surface area contributed by atoms with Gasteiger partial charge in [-0.2, -0.15) is 0 Å². The Morgan fingerprint density at radius 1 is 1.17 bits per heavy atom. The molecular weight excluding hydrogens is 504 g/mol. The van der Waals surface area contributed by atoms with E-state index in [4.69, 9.17) is 21.1 Å². The summed E-state index contributed by atoms with van der Waals surface area (Å²) in [4.78, 5) is 12.6. The van der Waals surface area contributed by atoms with Crippen LogP contribution in [0.15, 0.2) is 36.4 Å². The van der Waals surface area contributed by atoms with Gasteiger partial charge in [0.25, 0.3) is 0 Å². The predicted molar refractivity (Wildman–Crippen MR) is 139 cm³/mol. The second-order valence-electron chi connectivity index (χ2n) is 10.7. The van der Waals surface area contributed by atoms with Gasteiger partial charge >= 0.3 is 0 Å². The monoisotopic (exact) mass is 535 g/mol. The van der Waals surface area contributed by atoms with Gasteiger partial charge in [-0.05, 0) is 81.5 Å². The Hall–Kier alpha value is -1.83. The highest BCUT2D eigenvalue weighted by molar-refractivity contribution is 8.01. The van der Waals surface area contributed by atoms with Crippen molar-refractivity contribution in [1.29, 1.82) is 0 Å². The van der Waals surface area contributed by atoms with Crippen molar-refractivity contribution >= 4 is 29.3 Å². The van der Waals surface area contributed by atoms with Gasteiger partial charge in [-0.25, -0.2) is 8.78 Å². The van der Waals surface area contributed by atoms with Gasteiger partial charge in [0.2, 0.25) is 5.91 Å². The van der Waals surface area contributed by atoms with E-state index in [1.54, 1.807) is 11.8 Å². The molecule has 1 aliphatic carbocycles. The van der Waals surface area contributed by atoms with Crippen molar-refractivity contribution in [3.8, 4) is 5.75 Å². The lowest BCUT2D eigenvalue weighted by atomic mass is 9.60. The van der Waals surface area contributed by atoms with E-state index in [2.05, 4.69) is 5.32 Å². The van der Waals surface area contributed by atoms with Crippen LogP contribution in [0.3, 0.4) is 0 Å². The predicted octanol–water partition coefficient (Wildman–Crippen LogP) is 6.08.